The van der Waals surface area contributed by atoms with Gasteiger partial charge in [-0.1, -0.05) is 30.3 Å². The summed E-state index contributed by atoms with van der Waals surface area (Å²) in [6.07, 6.45) is 0. The number of benzene rings is 2. The molecule has 0 amide bonds. The molecule has 0 spiro atoms. The summed E-state index contributed by atoms with van der Waals surface area (Å²) < 4.78 is 6.98. The molecule has 0 atom stereocenters. The lowest BCUT2D eigenvalue weighted by Crippen LogP contribution is -2.16. The van der Waals surface area contributed by atoms with Crippen LogP contribution in [0.3, 0.4) is 0 Å². The molecule has 0 aliphatic carbocycles. The van der Waals surface area contributed by atoms with Gasteiger partial charge in [0.1, 0.15) is 9.71 Å². The highest BCUT2D eigenvalue weighted by Gasteiger charge is 2.23. The maximum absolute atomic E-state index is 12.8. The zero-order chi connectivity index (χ0) is 21.3. The normalized spacial score (nSPS) is 10.9. The first-order valence-electron chi connectivity index (χ1n) is 9.70. The Morgan fingerprint density at radius 3 is 2.33 bits per heavy atom. The SMILES string of the molecule is CCOC(=O)c1sc2c(ccc(=O)n2-c2ccc(N(C)C)cc2)c1-c1ccccc1. The minimum atomic E-state index is -0.375. The molecule has 4 rings (SSSR count). The third-order valence-electron chi connectivity index (χ3n) is 4.89. The number of anilines is 1. The van der Waals surface area contributed by atoms with Crippen LogP contribution in [0.2, 0.25) is 0 Å². The number of rotatable bonds is 5. The van der Waals surface area contributed by atoms with E-state index in [9.17, 15) is 9.59 Å². The standard InChI is InChI=1S/C24H22N2O3S/c1-4-29-24(28)22-21(16-8-6-5-7-9-16)19-14-15-20(27)26(23(19)30-22)18-12-10-17(11-13-18)25(2)3/h5-15H,4H2,1-3H3. The van der Waals surface area contributed by atoms with E-state index in [0.29, 0.717) is 11.5 Å². The number of fused-ring (bicyclic) bond motifs is 1. The fourth-order valence-electron chi connectivity index (χ4n) is 3.46. The molecule has 0 saturated carbocycles. The van der Waals surface area contributed by atoms with Crippen molar-refractivity contribution in [1.82, 2.24) is 4.57 Å². The first kappa shape index (κ1) is 19.9. The van der Waals surface area contributed by atoms with Crippen LogP contribution in [-0.2, 0) is 4.74 Å². The predicted octanol–water partition coefficient (Wildman–Crippen LogP) is 4.96. The van der Waals surface area contributed by atoms with Crippen molar-refractivity contribution in [3.8, 4) is 16.8 Å². The van der Waals surface area contributed by atoms with E-state index < -0.39 is 0 Å². The topological polar surface area (TPSA) is 51.5 Å². The number of carbonyl (C=O) groups excluding carboxylic acids is 1. The highest BCUT2D eigenvalue weighted by atomic mass is 32.1. The zero-order valence-corrected chi connectivity index (χ0v) is 17.9. The van der Waals surface area contributed by atoms with Crippen molar-refractivity contribution < 1.29 is 9.53 Å². The van der Waals surface area contributed by atoms with Gasteiger partial charge in [0.25, 0.3) is 5.56 Å². The number of pyridine rings is 1. The van der Waals surface area contributed by atoms with Crippen molar-refractivity contribution in [1.29, 1.82) is 0 Å². The number of ether oxygens (including phenoxy) is 1. The first-order chi connectivity index (χ1) is 14.5. The Labute approximate surface area is 178 Å². The zero-order valence-electron chi connectivity index (χ0n) is 17.1. The number of aromatic nitrogens is 1. The maximum atomic E-state index is 12.8. The van der Waals surface area contributed by atoms with Crippen LogP contribution in [0, 0.1) is 0 Å². The molecule has 0 saturated heterocycles. The molecule has 0 aliphatic heterocycles. The average molecular weight is 419 g/mol. The number of nitrogens with zero attached hydrogens (tertiary/aromatic N) is 2. The van der Waals surface area contributed by atoms with Gasteiger partial charge in [0.15, 0.2) is 0 Å². The van der Waals surface area contributed by atoms with E-state index in [2.05, 4.69) is 0 Å². The molecular weight excluding hydrogens is 396 g/mol. The van der Waals surface area contributed by atoms with E-state index in [1.54, 1.807) is 23.6 Å². The lowest BCUT2D eigenvalue weighted by molar-refractivity contribution is 0.0533. The van der Waals surface area contributed by atoms with E-state index in [4.69, 9.17) is 4.74 Å². The van der Waals surface area contributed by atoms with E-state index in [1.807, 2.05) is 73.6 Å². The molecule has 4 aromatic rings. The van der Waals surface area contributed by atoms with Crippen LogP contribution in [0.5, 0.6) is 0 Å². The van der Waals surface area contributed by atoms with Crippen molar-refractivity contribution in [2.45, 2.75) is 6.92 Å². The van der Waals surface area contributed by atoms with Crippen LogP contribution in [0.4, 0.5) is 5.69 Å². The summed E-state index contributed by atoms with van der Waals surface area (Å²) in [5.41, 5.74) is 3.37. The molecule has 0 radical (unpaired) electrons. The van der Waals surface area contributed by atoms with Gasteiger partial charge in [-0.2, -0.15) is 0 Å². The number of carbonyl (C=O) groups is 1. The molecule has 152 valence electrons. The van der Waals surface area contributed by atoms with Crippen molar-refractivity contribution in [2.75, 3.05) is 25.6 Å². The van der Waals surface area contributed by atoms with Crippen molar-refractivity contribution in [2.24, 2.45) is 0 Å². The molecule has 0 fully saturated rings. The second-order valence-electron chi connectivity index (χ2n) is 7.03. The lowest BCUT2D eigenvalue weighted by Gasteiger charge is -2.14. The van der Waals surface area contributed by atoms with Crippen LogP contribution in [0.1, 0.15) is 16.6 Å². The van der Waals surface area contributed by atoms with Crippen LogP contribution < -0.4 is 10.5 Å². The number of thiophene rings is 1. The molecule has 0 unspecified atom stereocenters. The molecule has 0 bridgehead atoms. The van der Waals surface area contributed by atoms with Crippen LogP contribution >= 0.6 is 11.3 Å². The molecule has 6 heteroatoms. The summed E-state index contributed by atoms with van der Waals surface area (Å²) in [5, 5.41) is 0.852. The quantitative estimate of drug-likeness (QED) is 0.430. The average Bonchev–Trinajstić information content (AvgIpc) is 3.14. The van der Waals surface area contributed by atoms with Crippen molar-refractivity contribution >= 4 is 33.2 Å². The largest absolute Gasteiger partial charge is 0.462 e. The summed E-state index contributed by atoms with van der Waals surface area (Å²) in [6, 6.07) is 20.9. The van der Waals surface area contributed by atoms with Crippen LogP contribution in [-0.4, -0.2) is 31.2 Å². The monoisotopic (exact) mass is 418 g/mol. The highest BCUT2D eigenvalue weighted by molar-refractivity contribution is 7.21. The molecule has 30 heavy (non-hydrogen) atoms. The first-order valence-corrected chi connectivity index (χ1v) is 10.5. The van der Waals surface area contributed by atoms with E-state index >= 15 is 0 Å². The molecular formula is C24H22N2O3S. The minimum Gasteiger partial charge on any atom is -0.462 e. The predicted molar refractivity (Wildman–Crippen MR) is 123 cm³/mol. The molecule has 2 aromatic heterocycles. The van der Waals surface area contributed by atoms with Gasteiger partial charge >= 0.3 is 5.97 Å². The number of esters is 1. The third-order valence-corrected chi connectivity index (χ3v) is 6.06. The molecule has 2 aromatic carbocycles. The van der Waals surface area contributed by atoms with Gasteiger partial charge in [0.2, 0.25) is 0 Å². The molecule has 5 nitrogen and oxygen atoms in total. The Bertz CT molecular complexity index is 1260. The molecule has 0 aliphatic rings. The second kappa shape index (κ2) is 8.16. The van der Waals surface area contributed by atoms with Gasteiger partial charge in [-0.3, -0.25) is 9.36 Å². The fourth-order valence-corrected chi connectivity index (χ4v) is 4.69. The van der Waals surface area contributed by atoms with Gasteiger partial charge in [0.05, 0.1) is 12.3 Å². The van der Waals surface area contributed by atoms with E-state index in [1.165, 1.54) is 11.3 Å². The summed E-state index contributed by atoms with van der Waals surface area (Å²) in [6.45, 7) is 2.08. The number of hydrogen-bond acceptors (Lipinski definition) is 5. The molecule has 0 N–H and O–H groups in total. The third kappa shape index (κ3) is 3.50. The van der Waals surface area contributed by atoms with E-state index in [0.717, 1.165) is 32.7 Å². The Hall–Kier alpha value is -3.38. The minimum absolute atomic E-state index is 0.142. The summed E-state index contributed by atoms with van der Waals surface area (Å²) in [7, 11) is 3.94. The fraction of sp³-hybridized carbons (Fsp3) is 0.167. The Kier molecular flexibility index (Phi) is 5.42. The smallest absolute Gasteiger partial charge is 0.349 e. The van der Waals surface area contributed by atoms with Crippen molar-refractivity contribution in [3.05, 3.63) is 82.0 Å². The summed E-state index contributed by atoms with van der Waals surface area (Å²) >= 11 is 1.29. The Balaban J connectivity index is 2.00. The van der Waals surface area contributed by atoms with Gasteiger partial charge in [-0.05, 0) is 42.8 Å². The van der Waals surface area contributed by atoms with Crippen molar-refractivity contribution in [3.63, 3.8) is 0 Å². The highest BCUT2D eigenvalue weighted by Crippen LogP contribution is 2.39. The Morgan fingerprint density at radius 2 is 1.70 bits per heavy atom. The number of hydrogen-bond donors (Lipinski definition) is 0. The molecule has 2 heterocycles. The summed E-state index contributed by atoms with van der Waals surface area (Å²) in [4.78, 5) is 28.8. The second-order valence-corrected chi connectivity index (χ2v) is 8.03. The van der Waals surface area contributed by atoms with Crippen LogP contribution in [0.15, 0.2) is 71.5 Å². The van der Waals surface area contributed by atoms with Gasteiger partial charge in [-0.25, -0.2) is 4.79 Å². The lowest BCUT2D eigenvalue weighted by atomic mass is 10.0. The van der Waals surface area contributed by atoms with Crippen LogP contribution in [0.25, 0.3) is 27.0 Å². The van der Waals surface area contributed by atoms with Gasteiger partial charge in [-0.15, -0.1) is 11.3 Å². The van der Waals surface area contributed by atoms with E-state index in [-0.39, 0.29) is 11.5 Å². The van der Waals surface area contributed by atoms with Gasteiger partial charge in [0, 0.05) is 36.8 Å². The Morgan fingerprint density at radius 1 is 1.00 bits per heavy atom. The van der Waals surface area contributed by atoms with Gasteiger partial charge < -0.3 is 9.64 Å². The maximum Gasteiger partial charge on any atom is 0.349 e. The summed E-state index contributed by atoms with van der Waals surface area (Å²) in [5.74, 6) is -0.375.